The number of pyridine rings is 1. The van der Waals surface area contributed by atoms with Crippen molar-refractivity contribution in [2.75, 3.05) is 33.3 Å². The number of nitrogens with zero attached hydrogens (tertiary/aromatic N) is 2. The summed E-state index contributed by atoms with van der Waals surface area (Å²) in [6, 6.07) is 9.75. The normalized spacial score (nSPS) is 15.3. The van der Waals surface area contributed by atoms with Crippen LogP contribution in [-0.2, 0) is 6.54 Å². The largest absolute Gasteiger partial charge is 0.496 e. The van der Waals surface area contributed by atoms with Crippen molar-refractivity contribution in [1.29, 1.82) is 0 Å². The van der Waals surface area contributed by atoms with Gasteiger partial charge in [0, 0.05) is 23.5 Å². The van der Waals surface area contributed by atoms with Crippen molar-refractivity contribution in [1.82, 2.24) is 9.88 Å². The van der Waals surface area contributed by atoms with Crippen molar-refractivity contribution in [2.24, 2.45) is 0 Å². The molecule has 0 spiro atoms. The van der Waals surface area contributed by atoms with E-state index in [2.05, 4.69) is 33.0 Å². The number of rotatable bonds is 4. The van der Waals surface area contributed by atoms with Gasteiger partial charge >= 0.3 is 0 Å². The van der Waals surface area contributed by atoms with E-state index < -0.39 is 0 Å². The van der Waals surface area contributed by atoms with Crippen LogP contribution in [0.2, 0.25) is 0 Å². The number of benzene rings is 1. The Bertz CT molecular complexity index is 701. The molecule has 0 atom stereocenters. The first-order valence-corrected chi connectivity index (χ1v) is 8.82. The smallest absolute Gasteiger partial charge is 0.254 e. The highest BCUT2D eigenvalue weighted by Crippen LogP contribution is 2.25. The molecule has 1 aliphatic heterocycles. The summed E-state index contributed by atoms with van der Waals surface area (Å²) >= 11 is 3.53. The number of ether oxygens (including phenoxy) is 1. The molecule has 0 unspecified atom stereocenters. The van der Waals surface area contributed by atoms with E-state index in [-0.39, 0.29) is 5.91 Å². The molecule has 1 saturated heterocycles. The predicted octanol–water partition coefficient (Wildman–Crippen LogP) is 1.39. The fourth-order valence-electron chi connectivity index (χ4n) is 2.99. The highest BCUT2D eigenvalue weighted by atomic mass is 79.9. The van der Waals surface area contributed by atoms with E-state index in [4.69, 9.17) is 4.74 Å². The lowest BCUT2D eigenvalue weighted by molar-refractivity contribution is -0.917. The zero-order chi connectivity index (χ0) is 16.9. The standard InChI is InChI=1S/C18H20BrN3O2/c1-24-17-3-2-14(12-16(17)19)13-21-8-10-22(11-9-21)18(23)15-4-6-20-7-5-15/h2-7,12H,8-11,13H2,1H3/p+1. The van der Waals surface area contributed by atoms with Crippen LogP contribution in [0.1, 0.15) is 15.9 Å². The summed E-state index contributed by atoms with van der Waals surface area (Å²) < 4.78 is 6.25. The average molecular weight is 391 g/mol. The second-order valence-electron chi connectivity index (χ2n) is 5.92. The topological polar surface area (TPSA) is 46.9 Å². The fourth-order valence-corrected chi connectivity index (χ4v) is 3.58. The quantitative estimate of drug-likeness (QED) is 0.857. The molecule has 1 fully saturated rings. The minimum atomic E-state index is 0.101. The van der Waals surface area contributed by atoms with E-state index in [0.717, 1.165) is 42.9 Å². The van der Waals surface area contributed by atoms with Gasteiger partial charge in [0.1, 0.15) is 12.3 Å². The maximum absolute atomic E-state index is 12.4. The summed E-state index contributed by atoms with van der Waals surface area (Å²) in [5.74, 6) is 0.949. The van der Waals surface area contributed by atoms with Crippen LogP contribution in [0.5, 0.6) is 5.75 Å². The Hall–Kier alpha value is -1.92. The first-order valence-electron chi connectivity index (χ1n) is 8.02. The first kappa shape index (κ1) is 16.9. The van der Waals surface area contributed by atoms with Crippen LogP contribution in [0.4, 0.5) is 0 Å². The summed E-state index contributed by atoms with van der Waals surface area (Å²) in [7, 11) is 1.67. The van der Waals surface area contributed by atoms with Crippen LogP contribution < -0.4 is 9.64 Å². The zero-order valence-corrected chi connectivity index (χ0v) is 15.3. The van der Waals surface area contributed by atoms with Crippen molar-refractivity contribution in [3.8, 4) is 5.75 Å². The van der Waals surface area contributed by atoms with Gasteiger partial charge in [-0.15, -0.1) is 0 Å². The highest BCUT2D eigenvalue weighted by Gasteiger charge is 2.24. The van der Waals surface area contributed by atoms with Gasteiger partial charge in [-0.1, -0.05) is 0 Å². The third-order valence-electron chi connectivity index (χ3n) is 4.36. The Morgan fingerprint density at radius 2 is 1.96 bits per heavy atom. The van der Waals surface area contributed by atoms with Crippen LogP contribution in [0, 0.1) is 0 Å². The molecule has 1 aliphatic rings. The molecule has 1 aromatic carbocycles. The van der Waals surface area contributed by atoms with E-state index in [1.165, 1.54) is 10.5 Å². The summed E-state index contributed by atoms with van der Waals surface area (Å²) in [5.41, 5.74) is 1.99. The van der Waals surface area contributed by atoms with Crippen molar-refractivity contribution in [3.05, 3.63) is 58.3 Å². The Morgan fingerprint density at radius 3 is 2.58 bits per heavy atom. The van der Waals surface area contributed by atoms with Gasteiger partial charge in [-0.2, -0.15) is 0 Å². The van der Waals surface area contributed by atoms with Crippen LogP contribution in [0.3, 0.4) is 0 Å². The van der Waals surface area contributed by atoms with Crippen LogP contribution in [0.25, 0.3) is 0 Å². The summed E-state index contributed by atoms with van der Waals surface area (Å²) in [6.45, 7) is 4.45. The molecule has 0 saturated carbocycles. The van der Waals surface area contributed by atoms with E-state index >= 15 is 0 Å². The van der Waals surface area contributed by atoms with Gasteiger partial charge in [0.05, 0.1) is 37.8 Å². The van der Waals surface area contributed by atoms with E-state index in [1.54, 1.807) is 31.6 Å². The summed E-state index contributed by atoms with van der Waals surface area (Å²) in [6.07, 6.45) is 3.33. The molecule has 1 aromatic heterocycles. The lowest BCUT2D eigenvalue weighted by Crippen LogP contribution is -3.13. The van der Waals surface area contributed by atoms with Crippen molar-refractivity contribution >= 4 is 21.8 Å². The van der Waals surface area contributed by atoms with Crippen molar-refractivity contribution in [2.45, 2.75) is 6.54 Å². The molecule has 2 heterocycles. The van der Waals surface area contributed by atoms with Crippen LogP contribution in [0.15, 0.2) is 47.2 Å². The number of hydrogen-bond acceptors (Lipinski definition) is 3. The molecule has 0 bridgehead atoms. The van der Waals surface area contributed by atoms with Crippen molar-refractivity contribution < 1.29 is 14.4 Å². The monoisotopic (exact) mass is 390 g/mol. The molecule has 5 nitrogen and oxygen atoms in total. The number of nitrogens with one attached hydrogen (secondary N) is 1. The number of carbonyl (C=O) groups is 1. The van der Waals surface area contributed by atoms with E-state index in [0.29, 0.717) is 5.56 Å². The van der Waals surface area contributed by atoms with E-state index in [1.807, 2.05) is 11.0 Å². The van der Waals surface area contributed by atoms with Gasteiger partial charge in [-0.25, -0.2) is 0 Å². The summed E-state index contributed by atoms with van der Waals surface area (Å²) in [5, 5.41) is 0. The highest BCUT2D eigenvalue weighted by molar-refractivity contribution is 9.10. The third kappa shape index (κ3) is 3.94. The van der Waals surface area contributed by atoms with Gasteiger partial charge in [-0.05, 0) is 46.3 Å². The summed E-state index contributed by atoms with van der Waals surface area (Å²) in [4.78, 5) is 19.8. The number of aromatic nitrogens is 1. The molecular formula is C18H21BrN3O2+. The molecule has 0 aliphatic carbocycles. The van der Waals surface area contributed by atoms with E-state index in [9.17, 15) is 4.79 Å². The Kier molecular flexibility index (Phi) is 5.48. The maximum Gasteiger partial charge on any atom is 0.254 e. The van der Waals surface area contributed by atoms with Gasteiger partial charge < -0.3 is 14.5 Å². The first-order chi connectivity index (χ1) is 11.7. The van der Waals surface area contributed by atoms with Gasteiger partial charge in [0.25, 0.3) is 5.91 Å². The zero-order valence-electron chi connectivity index (χ0n) is 13.7. The number of halogens is 1. The third-order valence-corrected chi connectivity index (χ3v) is 4.98. The molecule has 126 valence electrons. The minimum absolute atomic E-state index is 0.101. The fraction of sp³-hybridized carbons (Fsp3) is 0.333. The number of methoxy groups -OCH3 is 1. The number of carbonyl (C=O) groups excluding carboxylic acids is 1. The van der Waals surface area contributed by atoms with Crippen LogP contribution >= 0.6 is 15.9 Å². The lowest BCUT2D eigenvalue weighted by atomic mass is 10.1. The number of piperazine rings is 1. The second kappa shape index (κ2) is 7.77. The molecule has 2 aromatic rings. The molecule has 1 N–H and O–H groups in total. The minimum Gasteiger partial charge on any atom is -0.496 e. The number of quaternary nitrogens is 1. The van der Waals surface area contributed by atoms with Gasteiger partial charge in [-0.3, -0.25) is 9.78 Å². The molecule has 6 heteroatoms. The average Bonchev–Trinajstić information content (AvgIpc) is 2.63. The molecule has 3 rings (SSSR count). The molecule has 1 amide bonds. The van der Waals surface area contributed by atoms with Gasteiger partial charge in [0.2, 0.25) is 0 Å². The maximum atomic E-state index is 12.4. The molecule has 0 radical (unpaired) electrons. The van der Waals surface area contributed by atoms with Crippen molar-refractivity contribution in [3.63, 3.8) is 0 Å². The Balaban J connectivity index is 1.55. The van der Waals surface area contributed by atoms with Crippen LogP contribution in [-0.4, -0.2) is 49.1 Å². The molecule has 24 heavy (non-hydrogen) atoms. The molecular weight excluding hydrogens is 370 g/mol. The Labute approximate surface area is 150 Å². The number of amides is 1. The SMILES string of the molecule is COc1ccc(C[NH+]2CCN(C(=O)c3ccncc3)CC2)cc1Br. The Morgan fingerprint density at radius 1 is 1.25 bits per heavy atom. The lowest BCUT2D eigenvalue weighted by Gasteiger charge is -2.32. The second-order valence-corrected chi connectivity index (χ2v) is 6.78. The predicted molar refractivity (Wildman–Crippen MR) is 95.2 cm³/mol. The number of hydrogen-bond donors (Lipinski definition) is 1. The van der Waals surface area contributed by atoms with Gasteiger partial charge in [0.15, 0.2) is 0 Å².